The molecule has 0 spiro atoms. The van der Waals surface area contributed by atoms with Gasteiger partial charge in [0.1, 0.15) is 6.10 Å². The number of ether oxygens (including phenoxy) is 2. The Kier molecular flexibility index (Phi) is 4.62. The van der Waals surface area contributed by atoms with Crippen molar-refractivity contribution < 1.29 is 41.2 Å². The molecule has 0 fully saturated rings. The van der Waals surface area contributed by atoms with Crippen molar-refractivity contribution in [2.75, 3.05) is 7.11 Å². The third-order valence-corrected chi connectivity index (χ3v) is 5.89. The number of nitrogens with zero attached hydrogens (tertiary/aromatic N) is 2. The largest absolute Gasteiger partial charge is 1.00 e. The monoisotopic (exact) mass is 545 g/mol. The summed E-state index contributed by atoms with van der Waals surface area (Å²) in [6.45, 7) is 2.88. The number of aromatic nitrogens is 2. The molecule has 5 rings (SSSR count). The van der Waals surface area contributed by atoms with Crippen molar-refractivity contribution in [2.24, 2.45) is 11.8 Å². The van der Waals surface area contributed by atoms with E-state index in [1.54, 1.807) is 6.26 Å². The molecule has 0 unspecified atom stereocenters. The molecular weight excluding hydrogens is 525 g/mol. The van der Waals surface area contributed by atoms with Crippen LogP contribution in [0.15, 0.2) is 48.4 Å². The molecule has 2 aliphatic heterocycles. The van der Waals surface area contributed by atoms with Gasteiger partial charge in [0, 0.05) is 18.4 Å². The summed E-state index contributed by atoms with van der Waals surface area (Å²) in [5, 5.41) is 2.35. The number of rotatable bonds is 1. The molecule has 0 radical (unpaired) electrons. The maximum atomic E-state index is 12.3. The van der Waals surface area contributed by atoms with Crippen LogP contribution in [-0.2, 0) is 49.6 Å². The van der Waals surface area contributed by atoms with Crippen LogP contribution in [0.4, 0.5) is 0 Å². The van der Waals surface area contributed by atoms with Gasteiger partial charge in [-0.3, -0.25) is 0 Å². The van der Waals surface area contributed by atoms with E-state index in [-0.39, 0.29) is 46.3 Å². The summed E-state index contributed by atoms with van der Waals surface area (Å²) in [4.78, 5) is 17.1. The molecule has 0 amide bonds. The number of pyridine rings is 1. The van der Waals surface area contributed by atoms with Gasteiger partial charge in [0.2, 0.25) is 0 Å². The van der Waals surface area contributed by atoms with Gasteiger partial charge in [0.25, 0.3) is 0 Å². The number of hydrogen-bond donors (Lipinski definition) is 0. The minimum atomic E-state index is -0.298. The van der Waals surface area contributed by atoms with E-state index < -0.39 is 0 Å². The molecule has 2 aromatic heterocycles. The number of methoxy groups -OCH3 is 1. The maximum absolute atomic E-state index is 12.3. The van der Waals surface area contributed by atoms with Gasteiger partial charge in [-0.05, 0) is 17.7 Å². The second-order valence-electron chi connectivity index (χ2n) is 7.19. The van der Waals surface area contributed by atoms with Gasteiger partial charge in [0.15, 0.2) is 18.4 Å². The fraction of sp³-hybridized carbons (Fsp3) is 0.333. The van der Waals surface area contributed by atoms with Crippen LogP contribution in [-0.4, -0.2) is 19.2 Å². The molecule has 1 aromatic carbocycles. The summed E-state index contributed by atoms with van der Waals surface area (Å²) in [7, 11) is 1.42. The number of hydrogen-bond acceptors (Lipinski definition) is 3. The van der Waals surface area contributed by atoms with Crippen molar-refractivity contribution in [2.45, 2.75) is 26.0 Å². The molecule has 5 nitrogen and oxygen atoms in total. The van der Waals surface area contributed by atoms with Crippen LogP contribution in [0.3, 0.4) is 0 Å². The molecule has 4 heterocycles. The van der Waals surface area contributed by atoms with Crippen molar-refractivity contribution >= 4 is 27.8 Å². The number of benzene rings is 1. The number of fused-ring (bicyclic) bond motifs is 6. The summed E-state index contributed by atoms with van der Waals surface area (Å²) in [6, 6.07) is 10.4. The van der Waals surface area contributed by atoms with Crippen LogP contribution < -0.4 is 9.55 Å². The standard InChI is InChI=1S/C21H20N2O3.Au/c1-12-16-10-23-8-7-14-13-5-3-4-6-18(13)22-20(14)19(23)9-15(16)17(11-26-12)21(24)25-2;/h3-8,11-12,15-16H,9-10H2,1-2H3;/q;+1/t12-,15-,16+;/m0./s1. The van der Waals surface area contributed by atoms with Crippen LogP contribution in [0.5, 0.6) is 0 Å². The molecule has 0 saturated carbocycles. The summed E-state index contributed by atoms with van der Waals surface area (Å²) in [5.74, 6) is 0.0400. The first-order chi connectivity index (χ1) is 12.7. The van der Waals surface area contributed by atoms with E-state index in [0.29, 0.717) is 5.57 Å². The molecule has 0 aliphatic carbocycles. The van der Waals surface area contributed by atoms with E-state index in [9.17, 15) is 4.79 Å². The van der Waals surface area contributed by atoms with Crippen molar-refractivity contribution in [3.05, 3.63) is 54.1 Å². The Bertz CT molecular complexity index is 1070. The second kappa shape index (κ2) is 6.82. The Hall–Kier alpha value is -2.08. The fourth-order valence-electron chi connectivity index (χ4n) is 4.49. The predicted octanol–water partition coefficient (Wildman–Crippen LogP) is 2.50. The Morgan fingerprint density at radius 3 is 2.89 bits per heavy atom. The van der Waals surface area contributed by atoms with Crippen LogP contribution in [0.2, 0.25) is 0 Å². The number of para-hydroxylation sites is 1. The second-order valence-corrected chi connectivity index (χ2v) is 7.19. The van der Waals surface area contributed by atoms with E-state index >= 15 is 0 Å². The Labute approximate surface area is 172 Å². The van der Waals surface area contributed by atoms with Gasteiger partial charge < -0.3 is 14.5 Å². The van der Waals surface area contributed by atoms with Crippen LogP contribution >= 0.6 is 0 Å². The van der Waals surface area contributed by atoms with Crippen LogP contribution in [0.25, 0.3) is 21.8 Å². The average Bonchev–Trinajstić information content (AvgIpc) is 3.06. The topological polar surface area (TPSA) is 53.5 Å². The predicted molar refractivity (Wildman–Crippen MR) is 96.3 cm³/mol. The number of carbonyl (C=O) groups excluding carboxylic acids is 1. The first-order valence-corrected chi connectivity index (χ1v) is 8.97. The first-order valence-electron chi connectivity index (χ1n) is 8.97. The van der Waals surface area contributed by atoms with Gasteiger partial charge in [-0.25, -0.2) is 9.36 Å². The molecule has 2 aliphatic rings. The van der Waals surface area contributed by atoms with Crippen molar-refractivity contribution in [3.63, 3.8) is 0 Å². The van der Waals surface area contributed by atoms with Gasteiger partial charge in [-0.1, -0.05) is 29.8 Å². The molecule has 0 N–H and O–H groups in total. The van der Waals surface area contributed by atoms with Crippen molar-refractivity contribution in [3.8, 4) is 0 Å². The summed E-state index contributed by atoms with van der Waals surface area (Å²) in [6.07, 6.45) is 4.57. The first kappa shape index (κ1) is 18.3. The maximum Gasteiger partial charge on any atom is 1.00 e. The van der Waals surface area contributed by atoms with Crippen LogP contribution in [0.1, 0.15) is 12.6 Å². The van der Waals surface area contributed by atoms with Gasteiger partial charge in [-0.15, -0.1) is 5.52 Å². The minimum Gasteiger partial charge on any atom is -0.652 e. The number of carbonyl (C=O) groups is 1. The average molecular weight is 545 g/mol. The SMILES string of the molecule is COC(=O)C1=CO[C@@H](C)[C@H]2C[n+]3ccc4c([n-]c5ccccc54)c3C[C@H]12.[Au+]. The number of esters is 1. The van der Waals surface area contributed by atoms with E-state index in [4.69, 9.17) is 14.5 Å². The van der Waals surface area contributed by atoms with E-state index in [1.165, 1.54) is 23.6 Å². The van der Waals surface area contributed by atoms with Gasteiger partial charge in [0.05, 0.1) is 24.9 Å². The van der Waals surface area contributed by atoms with Gasteiger partial charge in [-0.2, -0.15) is 0 Å². The molecule has 142 valence electrons. The zero-order valence-corrected chi connectivity index (χ0v) is 17.3. The quantitative estimate of drug-likeness (QED) is 0.268. The summed E-state index contributed by atoms with van der Waals surface area (Å²) < 4.78 is 13.0. The van der Waals surface area contributed by atoms with E-state index in [0.717, 1.165) is 24.0 Å². The molecule has 0 bridgehead atoms. The summed E-state index contributed by atoms with van der Waals surface area (Å²) in [5.41, 5.74) is 3.87. The molecule has 6 heteroatoms. The Morgan fingerprint density at radius 1 is 1.26 bits per heavy atom. The Balaban J connectivity index is 0.00000180. The van der Waals surface area contributed by atoms with Gasteiger partial charge >= 0.3 is 28.3 Å². The fourth-order valence-corrected chi connectivity index (χ4v) is 4.49. The molecule has 3 atom stereocenters. The third-order valence-electron chi connectivity index (χ3n) is 5.89. The van der Waals surface area contributed by atoms with Crippen molar-refractivity contribution in [1.29, 1.82) is 0 Å². The molecule has 0 saturated heterocycles. The smallest absolute Gasteiger partial charge is 0.652 e. The molecule has 27 heavy (non-hydrogen) atoms. The van der Waals surface area contributed by atoms with Crippen molar-refractivity contribution in [1.82, 2.24) is 4.98 Å². The Morgan fingerprint density at radius 2 is 2.07 bits per heavy atom. The van der Waals surface area contributed by atoms with Crippen LogP contribution in [0, 0.1) is 11.8 Å². The normalized spacial score (nSPS) is 23.6. The van der Waals surface area contributed by atoms with E-state index in [2.05, 4.69) is 29.8 Å². The summed E-state index contributed by atoms with van der Waals surface area (Å²) >= 11 is 0. The van der Waals surface area contributed by atoms with E-state index in [1.807, 2.05) is 18.2 Å². The zero-order chi connectivity index (χ0) is 17.8. The third kappa shape index (κ3) is 2.73. The molecular formula is C21H20AuN2O3+. The zero-order valence-electron chi connectivity index (χ0n) is 15.1. The molecule has 3 aromatic rings. The minimum absolute atomic E-state index is 0.